The van der Waals surface area contributed by atoms with Crippen molar-refractivity contribution in [3.8, 4) is 0 Å². The average molecular weight is 284 g/mol. The minimum atomic E-state index is -4.61. The van der Waals surface area contributed by atoms with Crippen molar-refractivity contribution < 1.29 is 47.2 Å². The molecular weight excluding hydrogens is 270 g/mol. The number of rotatable bonds is 0. The van der Waals surface area contributed by atoms with Gasteiger partial charge in [0, 0.05) is 17.1 Å². The van der Waals surface area contributed by atoms with E-state index < -0.39 is 9.05 Å². The fourth-order valence-electron chi connectivity index (χ4n) is 0. The van der Waals surface area contributed by atoms with Crippen LogP contribution in [-0.4, -0.2) is 131 Å². The van der Waals surface area contributed by atoms with Gasteiger partial charge in [0.2, 0.25) is 0 Å². The standard InChI is InChI=1S/Al.Fe.K.Mg.H4O4Si.2H2O.6H/c;;;;1-5(2,3)4;;;;;;;;/h;;;;1-4H;2*1H2;;;;;;. The molecule has 0 atom stereocenters. The van der Waals surface area contributed by atoms with Gasteiger partial charge in [0.1, 0.15) is 0 Å². The molecule has 0 saturated heterocycles. The largest absolute Gasteiger partial charge is 0.316 e. The van der Waals surface area contributed by atoms with Gasteiger partial charge in [-0.05, 0) is 0 Å². The molecule has 0 bridgehead atoms. The van der Waals surface area contributed by atoms with Crippen molar-refractivity contribution in [2.45, 2.75) is 0 Å². The minimum absolute atomic E-state index is 0. The van der Waals surface area contributed by atoms with Crippen LogP contribution in [0.15, 0.2) is 0 Å². The van der Waals surface area contributed by atoms with E-state index >= 15 is 0 Å². The molecule has 8 N–H and O–H groups in total. The third-order valence-electron chi connectivity index (χ3n) is 0. The van der Waals surface area contributed by atoms with Crippen molar-refractivity contribution in [1.82, 2.24) is 0 Å². The Morgan fingerprint density at radius 3 is 0.818 bits per heavy atom. The van der Waals surface area contributed by atoms with E-state index in [1.54, 1.807) is 0 Å². The van der Waals surface area contributed by atoms with Crippen LogP contribution in [0.5, 0.6) is 0 Å². The molecule has 0 aliphatic heterocycles. The van der Waals surface area contributed by atoms with Crippen LogP contribution in [-0.2, 0) is 17.1 Å². The molecule has 11 heteroatoms. The van der Waals surface area contributed by atoms with Crippen molar-refractivity contribution in [2.75, 3.05) is 0 Å². The van der Waals surface area contributed by atoms with Gasteiger partial charge in [-0.2, -0.15) is 0 Å². The summed E-state index contributed by atoms with van der Waals surface area (Å²) in [6.45, 7) is 0. The van der Waals surface area contributed by atoms with Gasteiger partial charge in [-0.1, -0.05) is 0 Å². The van der Waals surface area contributed by atoms with E-state index in [9.17, 15) is 0 Å². The van der Waals surface area contributed by atoms with Crippen LogP contribution in [0, 0.1) is 0 Å². The first-order valence-corrected chi connectivity index (χ1v) is 2.68. The first kappa shape index (κ1) is 47.1. The molecule has 11 heavy (non-hydrogen) atoms. The summed E-state index contributed by atoms with van der Waals surface area (Å²) in [7, 11) is -4.61. The molecule has 0 aromatic carbocycles. The third kappa shape index (κ3) is 149. The van der Waals surface area contributed by atoms with Crippen LogP contribution in [0.4, 0.5) is 0 Å². The van der Waals surface area contributed by atoms with E-state index in [-0.39, 0.29) is 120 Å². The molecule has 68 valence electrons. The Labute approximate surface area is 145 Å². The molecule has 0 aromatic heterocycles. The topological polar surface area (TPSA) is 144 Å². The van der Waals surface area contributed by atoms with Crippen molar-refractivity contribution in [2.24, 2.45) is 0 Å². The summed E-state index contributed by atoms with van der Waals surface area (Å²) in [6, 6.07) is 0. The first-order chi connectivity index (χ1) is 2.00. The summed E-state index contributed by atoms with van der Waals surface area (Å²) in [5.74, 6) is 0. The van der Waals surface area contributed by atoms with Gasteiger partial charge in [-0.3, -0.25) is 0 Å². The Morgan fingerprint density at radius 1 is 0.818 bits per heavy atom. The predicted octanol–water partition coefficient (Wildman–Crippen LogP) is -7.01. The molecule has 0 aromatic rings. The number of hydrogen-bond donors (Lipinski definition) is 4. The van der Waals surface area contributed by atoms with Crippen LogP contribution < -0.4 is 0 Å². The van der Waals surface area contributed by atoms with Gasteiger partial charge in [0.25, 0.3) is 0 Å². The molecule has 0 saturated carbocycles. The zero-order valence-corrected chi connectivity index (χ0v) is 5.75. The Kier molecular flexibility index (Phi) is 100. The number of hydrogen-bond acceptors (Lipinski definition) is 4. The molecule has 0 aliphatic rings. The van der Waals surface area contributed by atoms with E-state index in [2.05, 4.69) is 0 Å². The molecule has 0 amide bonds. The molecule has 0 fully saturated rings. The molecule has 0 spiro atoms. The second-order valence-corrected chi connectivity index (χ2v) is 1.80. The normalized spacial score (nSPS) is 5.45. The summed E-state index contributed by atoms with van der Waals surface area (Å²) >= 11 is 0. The molecule has 0 heterocycles. The zero-order chi connectivity index (χ0) is 4.50. The molecule has 0 unspecified atom stereocenters. The van der Waals surface area contributed by atoms with Gasteiger partial charge >= 0.3 is 83.5 Å². The van der Waals surface area contributed by atoms with Gasteiger partial charge < -0.3 is 30.1 Å². The van der Waals surface area contributed by atoms with Crippen molar-refractivity contribution in [3.63, 3.8) is 0 Å². The van der Waals surface area contributed by atoms with Crippen LogP contribution in [0.1, 0.15) is 0 Å². The van der Waals surface area contributed by atoms with Crippen LogP contribution in [0.3, 0.4) is 0 Å². The fraction of sp³-hybridized carbons (Fsp3) is 0. The maximum atomic E-state index is 7.33. The monoisotopic (exact) mass is 284 g/mol. The third-order valence-corrected chi connectivity index (χ3v) is 0. The second-order valence-electron chi connectivity index (χ2n) is 0.600. The molecule has 0 aliphatic carbocycles. The van der Waals surface area contributed by atoms with Crippen LogP contribution >= 0.6 is 0 Å². The van der Waals surface area contributed by atoms with Gasteiger partial charge in [-0.25, -0.2) is 0 Å². The van der Waals surface area contributed by atoms with Gasteiger partial charge in [0.15, 0.2) is 17.4 Å². The summed E-state index contributed by atoms with van der Waals surface area (Å²) < 4.78 is 0. The predicted molar refractivity (Wildman–Crippen MR) is 47.5 cm³/mol. The van der Waals surface area contributed by atoms with E-state index in [1.807, 2.05) is 0 Å². The quantitative estimate of drug-likeness (QED) is 0.328. The Balaban J connectivity index is -0.00000000533. The summed E-state index contributed by atoms with van der Waals surface area (Å²) in [5, 5.41) is 0. The first-order valence-electron chi connectivity index (χ1n) is 0.894. The Morgan fingerprint density at radius 2 is 0.818 bits per heavy atom. The van der Waals surface area contributed by atoms with Crippen LogP contribution in [0.2, 0.25) is 0 Å². The van der Waals surface area contributed by atoms with Crippen molar-refractivity contribution >= 4 is 101 Å². The van der Waals surface area contributed by atoms with Gasteiger partial charge in [-0.15, -0.1) is 0 Å². The maximum Gasteiger partial charge on any atom is 0.316 e. The van der Waals surface area contributed by atoms with Gasteiger partial charge in [0.05, 0.1) is 0 Å². The minimum Gasteiger partial charge on any atom is 0.316 e. The average Bonchev–Trinajstić information content (AvgIpc) is 0.722. The van der Waals surface area contributed by atoms with E-state index in [0.717, 1.165) is 0 Å². The maximum absolute atomic E-state index is 7.33. The van der Waals surface area contributed by atoms with E-state index in [1.165, 1.54) is 0 Å². The smallest absolute Gasteiger partial charge is 0.316 e. The molecular formula is H14AlFeKMgO6Si. The van der Waals surface area contributed by atoms with Crippen LogP contribution in [0.25, 0.3) is 0 Å². The Hall–Kier alpha value is 3.43. The molecule has 6 nitrogen and oxygen atoms in total. The van der Waals surface area contributed by atoms with Crippen molar-refractivity contribution in [3.05, 3.63) is 0 Å². The summed E-state index contributed by atoms with van der Waals surface area (Å²) in [4.78, 5) is 29.3. The fourth-order valence-corrected chi connectivity index (χ4v) is 0. The SMILES string of the molecule is O.O.O[Si](O)(O)O.[AlH3].[Fe].[KH].[MgH2]. The summed E-state index contributed by atoms with van der Waals surface area (Å²) in [6.07, 6.45) is 0. The second kappa shape index (κ2) is 23.3. The van der Waals surface area contributed by atoms with E-state index in [4.69, 9.17) is 19.2 Å². The zero-order valence-electron chi connectivity index (χ0n) is 3.64. The van der Waals surface area contributed by atoms with Crippen molar-refractivity contribution in [1.29, 1.82) is 0 Å². The molecule has 0 rings (SSSR count). The Bertz CT molecular complexity index is 38.1. The molecule has 0 radical (unpaired) electrons. The summed E-state index contributed by atoms with van der Waals surface area (Å²) in [5.41, 5.74) is 0. The van der Waals surface area contributed by atoms with E-state index in [0.29, 0.717) is 0 Å².